The quantitative estimate of drug-likeness (QED) is 0.651. The first-order chi connectivity index (χ1) is 4.89. The van der Waals surface area contributed by atoms with E-state index in [1.807, 2.05) is 27.7 Å². The molecular weight excluding hydrogens is 140 g/mol. The Hall–Kier alpha value is -0.730. The molecule has 0 aromatic rings. The molecular formula is C8H18N2O. The van der Waals surface area contributed by atoms with Crippen molar-refractivity contribution in [2.45, 2.75) is 39.7 Å². The van der Waals surface area contributed by atoms with Crippen LogP contribution in [-0.4, -0.2) is 23.0 Å². The molecule has 3 heteroatoms. The van der Waals surface area contributed by atoms with Crippen molar-refractivity contribution in [3.05, 3.63) is 0 Å². The minimum Gasteiger partial charge on any atom is -0.351 e. The van der Waals surface area contributed by atoms with Crippen LogP contribution in [0.1, 0.15) is 34.1 Å². The maximum absolute atomic E-state index is 10.9. The molecule has 66 valence electrons. The molecule has 0 aliphatic carbocycles. The molecule has 0 aliphatic rings. The van der Waals surface area contributed by atoms with Crippen LogP contribution in [0.25, 0.3) is 0 Å². The van der Waals surface area contributed by atoms with Gasteiger partial charge in [0.2, 0.25) is 0 Å². The van der Waals surface area contributed by atoms with Crippen LogP contribution < -0.4 is 5.73 Å². The Morgan fingerprint density at radius 3 is 2.00 bits per heavy atom. The SMILES string of the molecule is CCCN(C(N)=O)C(C)(C)C. The Balaban J connectivity index is 4.22. The lowest BCUT2D eigenvalue weighted by atomic mass is 10.1. The number of urea groups is 1. The van der Waals surface area contributed by atoms with Gasteiger partial charge in [0.15, 0.2) is 0 Å². The lowest BCUT2D eigenvalue weighted by Crippen LogP contribution is -2.48. The van der Waals surface area contributed by atoms with E-state index in [9.17, 15) is 4.79 Å². The summed E-state index contributed by atoms with van der Waals surface area (Å²) >= 11 is 0. The summed E-state index contributed by atoms with van der Waals surface area (Å²) in [5.41, 5.74) is 5.04. The van der Waals surface area contributed by atoms with Crippen LogP contribution in [0.15, 0.2) is 0 Å². The van der Waals surface area contributed by atoms with Gasteiger partial charge >= 0.3 is 6.03 Å². The molecule has 0 saturated heterocycles. The zero-order valence-electron chi connectivity index (χ0n) is 7.85. The van der Waals surface area contributed by atoms with E-state index in [2.05, 4.69) is 0 Å². The number of amides is 2. The van der Waals surface area contributed by atoms with Crippen LogP contribution in [-0.2, 0) is 0 Å². The molecule has 0 heterocycles. The lowest BCUT2D eigenvalue weighted by Gasteiger charge is -2.33. The Morgan fingerprint density at radius 2 is 1.91 bits per heavy atom. The second kappa shape index (κ2) is 3.60. The van der Waals surface area contributed by atoms with Gasteiger partial charge in [0, 0.05) is 12.1 Å². The minimum atomic E-state index is -0.334. The molecule has 0 spiro atoms. The highest BCUT2D eigenvalue weighted by atomic mass is 16.2. The molecule has 2 N–H and O–H groups in total. The smallest absolute Gasteiger partial charge is 0.315 e. The van der Waals surface area contributed by atoms with E-state index in [0.29, 0.717) is 0 Å². The normalized spacial score (nSPS) is 11.3. The van der Waals surface area contributed by atoms with Gasteiger partial charge in [0.05, 0.1) is 0 Å². The zero-order chi connectivity index (χ0) is 9.07. The molecule has 0 bridgehead atoms. The van der Waals surface area contributed by atoms with Gasteiger partial charge in [-0.05, 0) is 27.2 Å². The largest absolute Gasteiger partial charge is 0.351 e. The fraction of sp³-hybridized carbons (Fsp3) is 0.875. The van der Waals surface area contributed by atoms with Gasteiger partial charge in [0.25, 0.3) is 0 Å². The fourth-order valence-corrected chi connectivity index (χ4v) is 1.000. The van der Waals surface area contributed by atoms with E-state index in [1.54, 1.807) is 4.90 Å². The van der Waals surface area contributed by atoms with Crippen LogP contribution in [0.2, 0.25) is 0 Å². The zero-order valence-corrected chi connectivity index (χ0v) is 7.85. The van der Waals surface area contributed by atoms with Crippen molar-refractivity contribution >= 4 is 6.03 Å². The van der Waals surface area contributed by atoms with Crippen LogP contribution in [0.3, 0.4) is 0 Å². The third-order valence-corrected chi connectivity index (χ3v) is 1.52. The van der Waals surface area contributed by atoms with Gasteiger partial charge in [-0.1, -0.05) is 6.92 Å². The Kier molecular flexibility index (Phi) is 3.36. The first-order valence-corrected chi connectivity index (χ1v) is 3.96. The lowest BCUT2D eigenvalue weighted by molar-refractivity contribution is 0.153. The number of hydrogen-bond donors (Lipinski definition) is 1. The van der Waals surface area contributed by atoms with Gasteiger partial charge in [-0.3, -0.25) is 0 Å². The van der Waals surface area contributed by atoms with E-state index >= 15 is 0 Å². The molecule has 2 amide bonds. The molecule has 0 aromatic carbocycles. The molecule has 0 fully saturated rings. The second-order valence-corrected chi connectivity index (χ2v) is 3.66. The van der Waals surface area contributed by atoms with Crippen molar-refractivity contribution in [3.63, 3.8) is 0 Å². The summed E-state index contributed by atoms with van der Waals surface area (Å²) < 4.78 is 0. The van der Waals surface area contributed by atoms with Crippen LogP contribution >= 0.6 is 0 Å². The number of hydrogen-bond acceptors (Lipinski definition) is 1. The van der Waals surface area contributed by atoms with Gasteiger partial charge < -0.3 is 10.6 Å². The van der Waals surface area contributed by atoms with Gasteiger partial charge in [-0.15, -0.1) is 0 Å². The van der Waals surface area contributed by atoms with Crippen LogP contribution in [0.4, 0.5) is 4.79 Å². The molecule has 0 atom stereocenters. The standard InChI is InChI=1S/C8H18N2O/c1-5-6-10(7(9)11)8(2,3)4/h5-6H2,1-4H3,(H2,9,11). The predicted molar refractivity (Wildman–Crippen MR) is 46.3 cm³/mol. The van der Waals surface area contributed by atoms with Crippen molar-refractivity contribution in [1.82, 2.24) is 4.90 Å². The Labute approximate surface area is 68.6 Å². The number of carbonyl (C=O) groups excluding carboxylic acids is 1. The summed E-state index contributed by atoms with van der Waals surface area (Å²) in [5, 5.41) is 0. The number of rotatable bonds is 2. The number of nitrogens with two attached hydrogens (primary N) is 1. The predicted octanol–water partition coefficient (Wildman–Crippen LogP) is 1.58. The Morgan fingerprint density at radius 1 is 1.45 bits per heavy atom. The van der Waals surface area contributed by atoms with E-state index in [0.717, 1.165) is 13.0 Å². The third-order valence-electron chi connectivity index (χ3n) is 1.52. The summed E-state index contributed by atoms with van der Waals surface area (Å²) in [6, 6.07) is -0.334. The molecule has 0 saturated carbocycles. The average Bonchev–Trinajstić information content (AvgIpc) is 1.79. The van der Waals surface area contributed by atoms with Gasteiger partial charge in [-0.25, -0.2) is 4.79 Å². The van der Waals surface area contributed by atoms with Crippen LogP contribution in [0, 0.1) is 0 Å². The van der Waals surface area contributed by atoms with Crippen molar-refractivity contribution in [1.29, 1.82) is 0 Å². The Bertz CT molecular complexity index is 138. The second-order valence-electron chi connectivity index (χ2n) is 3.66. The number of carbonyl (C=O) groups is 1. The summed E-state index contributed by atoms with van der Waals surface area (Å²) in [6.07, 6.45) is 0.945. The first-order valence-electron chi connectivity index (χ1n) is 3.96. The summed E-state index contributed by atoms with van der Waals surface area (Å²) in [6.45, 7) is 8.70. The molecule has 0 rings (SSSR count). The first kappa shape index (κ1) is 10.3. The summed E-state index contributed by atoms with van der Waals surface area (Å²) in [5.74, 6) is 0. The highest BCUT2D eigenvalue weighted by Crippen LogP contribution is 2.12. The molecule has 0 unspecified atom stereocenters. The minimum absolute atomic E-state index is 0.151. The average molecular weight is 158 g/mol. The highest BCUT2D eigenvalue weighted by molar-refractivity contribution is 5.72. The summed E-state index contributed by atoms with van der Waals surface area (Å²) in [7, 11) is 0. The molecule has 0 radical (unpaired) electrons. The maximum atomic E-state index is 10.9. The number of primary amides is 1. The highest BCUT2D eigenvalue weighted by Gasteiger charge is 2.22. The van der Waals surface area contributed by atoms with Crippen molar-refractivity contribution in [3.8, 4) is 0 Å². The van der Waals surface area contributed by atoms with E-state index in [4.69, 9.17) is 5.73 Å². The van der Waals surface area contributed by atoms with E-state index < -0.39 is 0 Å². The molecule has 0 aliphatic heterocycles. The topological polar surface area (TPSA) is 46.3 Å². The third kappa shape index (κ3) is 3.25. The number of nitrogens with zero attached hydrogens (tertiary/aromatic N) is 1. The molecule has 11 heavy (non-hydrogen) atoms. The van der Waals surface area contributed by atoms with Crippen molar-refractivity contribution < 1.29 is 4.79 Å². The van der Waals surface area contributed by atoms with Gasteiger partial charge in [-0.2, -0.15) is 0 Å². The maximum Gasteiger partial charge on any atom is 0.315 e. The summed E-state index contributed by atoms with van der Waals surface area (Å²) in [4.78, 5) is 12.6. The van der Waals surface area contributed by atoms with E-state index in [1.165, 1.54) is 0 Å². The van der Waals surface area contributed by atoms with Crippen LogP contribution in [0.5, 0.6) is 0 Å². The van der Waals surface area contributed by atoms with Gasteiger partial charge in [0.1, 0.15) is 0 Å². The van der Waals surface area contributed by atoms with Crippen molar-refractivity contribution in [2.75, 3.05) is 6.54 Å². The molecule has 0 aromatic heterocycles. The van der Waals surface area contributed by atoms with E-state index in [-0.39, 0.29) is 11.6 Å². The monoisotopic (exact) mass is 158 g/mol. The van der Waals surface area contributed by atoms with Crippen molar-refractivity contribution in [2.24, 2.45) is 5.73 Å². The fourth-order valence-electron chi connectivity index (χ4n) is 1.000. The molecule has 3 nitrogen and oxygen atoms in total.